The molecule has 0 aliphatic heterocycles. The molecule has 2 aromatic heterocycles. The van der Waals surface area contributed by atoms with E-state index in [-0.39, 0.29) is 11.1 Å². The molecule has 0 spiro atoms. The summed E-state index contributed by atoms with van der Waals surface area (Å²) in [6.07, 6.45) is 1.62. The van der Waals surface area contributed by atoms with Crippen molar-refractivity contribution in [1.82, 2.24) is 9.97 Å². The maximum Gasteiger partial charge on any atom is 0.257 e. The third-order valence-electron chi connectivity index (χ3n) is 2.36. The summed E-state index contributed by atoms with van der Waals surface area (Å²) in [6, 6.07) is 6.56. The molecule has 1 amide bonds. The summed E-state index contributed by atoms with van der Waals surface area (Å²) in [5, 5.41) is 2.85. The van der Waals surface area contributed by atoms with Crippen LogP contribution in [0.1, 0.15) is 15.9 Å². The first-order valence-electron chi connectivity index (χ1n) is 5.46. The fourth-order valence-electron chi connectivity index (χ4n) is 1.49. The lowest BCUT2D eigenvalue weighted by Crippen LogP contribution is -2.15. The molecule has 2 aromatic rings. The van der Waals surface area contributed by atoms with Crippen LogP contribution in [0.15, 0.2) is 30.5 Å². The minimum Gasteiger partial charge on any atom is -0.308 e. The number of hydrazine groups is 1. The van der Waals surface area contributed by atoms with Gasteiger partial charge in [0.15, 0.2) is 0 Å². The minimum absolute atomic E-state index is 0.179. The number of nitrogens with two attached hydrogens (primary N) is 1. The van der Waals surface area contributed by atoms with E-state index >= 15 is 0 Å². The molecular formula is C12H12ClN5O. The topological polar surface area (TPSA) is 92.9 Å². The second kappa shape index (κ2) is 5.64. The number of rotatable bonds is 3. The molecule has 0 saturated heterocycles. The van der Waals surface area contributed by atoms with E-state index in [9.17, 15) is 4.79 Å². The van der Waals surface area contributed by atoms with Gasteiger partial charge in [0, 0.05) is 11.8 Å². The summed E-state index contributed by atoms with van der Waals surface area (Å²) in [4.78, 5) is 20.0. The highest BCUT2D eigenvalue weighted by Gasteiger charge is 2.10. The van der Waals surface area contributed by atoms with Crippen LogP contribution in [-0.2, 0) is 0 Å². The van der Waals surface area contributed by atoms with E-state index < -0.39 is 0 Å². The van der Waals surface area contributed by atoms with Gasteiger partial charge in [0.25, 0.3) is 5.91 Å². The van der Waals surface area contributed by atoms with Gasteiger partial charge in [-0.2, -0.15) is 0 Å². The summed E-state index contributed by atoms with van der Waals surface area (Å²) in [5.41, 5.74) is 3.69. The molecular weight excluding hydrogens is 266 g/mol. The van der Waals surface area contributed by atoms with Crippen LogP contribution in [0, 0.1) is 6.92 Å². The Morgan fingerprint density at radius 3 is 2.79 bits per heavy atom. The lowest BCUT2D eigenvalue weighted by molar-refractivity contribution is 0.102. The van der Waals surface area contributed by atoms with Gasteiger partial charge >= 0.3 is 0 Å². The number of hydrogen-bond acceptors (Lipinski definition) is 5. The largest absolute Gasteiger partial charge is 0.308 e. The molecule has 0 aromatic carbocycles. The summed E-state index contributed by atoms with van der Waals surface area (Å²) in [7, 11) is 0. The van der Waals surface area contributed by atoms with Gasteiger partial charge in [-0.15, -0.1) is 0 Å². The smallest absolute Gasteiger partial charge is 0.257 e. The molecule has 0 fully saturated rings. The van der Waals surface area contributed by atoms with E-state index in [1.807, 2.05) is 13.0 Å². The second-order valence-electron chi connectivity index (χ2n) is 3.88. The molecule has 0 aliphatic rings. The van der Waals surface area contributed by atoms with E-state index in [1.54, 1.807) is 12.3 Å². The first kappa shape index (κ1) is 13.3. The number of aryl methyl sites for hydroxylation is 1. The van der Waals surface area contributed by atoms with Gasteiger partial charge < -0.3 is 10.7 Å². The summed E-state index contributed by atoms with van der Waals surface area (Å²) in [6.45, 7) is 1.91. The Hall–Kier alpha value is -2.18. The Labute approximate surface area is 115 Å². The van der Waals surface area contributed by atoms with Crippen molar-refractivity contribution in [3.05, 3.63) is 46.7 Å². The lowest BCUT2D eigenvalue weighted by Gasteiger charge is -2.07. The molecule has 98 valence electrons. The van der Waals surface area contributed by atoms with E-state index in [0.29, 0.717) is 17.2 Å². The fourth-order valence-corrected chi connectivity index (χ4v) is 1.70. The first-order chi connectivity index (χ1) is 9.08. The lowest BCUT2D eigenvalue weighted by atomic mass is 10.2. The number of pyridine rings is 2. The number of nitrogens with one attached hydrogen (secondary N) is 2. The zero-order chi connectivity index (χ0) is 13.8. The zero-order valence-corrected chi connectivity index (χ0v) is 10.9. The van der Waals surface area contributed by atoms with E-state index in [0.717, 1.165) is 5.56 Å². The van der Waals surface area contributed by atoms with E-state index in [2.05, 4.69) is 20.7 Å². The van der Waals surface area contributed by atoms with Crippen molar-refractivity contribution in [2.75, 3.05) is 10.7 Å². The predicted molar refractivity (Wildman–Crippen MR) is 74.0 cm³/mol. The molecule has 2 rings (SSSR count). The third-order valence-corrected chi connectivity index (χ3v) is 2.55. The molecule has 0 bridgehead atoms. The number of nitrogens with zero attached hydrogens (tertiary/aromatic N) is 2. The molecule has 19 heavy (non-hydrogen) atoms. The van der Waals surface area contributed by atoms with Crippen molar-refractivity contribution in [2.45, 2.75) is 6.92 Å². The van der Waals surface area contributed by atoms with Gasteiger partial charge in [0.1, 0.15) is 16.8 Å². The van der Waals surface area contributed by atoms with Gasteiger partial charge in [-0.25, -0.2) is 15.8 Å². The van der Waals surface area contributed by atoms with E-state index in [4.69, 9.17) is 17.4 Å². The van der Waals surface area contributed by atoms with Gasteiger partial charge in [0.2, 0.25) is 0 Å². The van der Waals surface area contributed by atoms with Crippen LogP contribution < -0.4 is 16.6 Å². The van der Waals surface area contributed by atoms with Gasteiger partial charge in [0.05, 0.1) is 0 Å². The van der Waals surface area contributed by atoms with Gasteiger partial charge in [-0.3, -0.25) is 4.79 Å². The maximum absolute atomic E-state index is 12.0. The van der Waals surface area contributed by atoms with Crippen molar-refractivity contribution >= 4 is 29.1 Å². The Morgan fingerprint density at radius 2 is 2.11 bits per heavy atom. The standard InChI is InChI=1S/C12H12ClN5O/c1-7-2-3-15-10(4-7)17-12(19)8-5-9(13)16-11(6-8)18-14/h2-6H,14H2,1H3,(H,16,18)(H,15,17,19). The number of amides is 1. The average molecular weight is 278 g/mol. The summed E-state index contributed by atoms with van der Waals surface area (Å²) in [5.74, 6) is 5.70. The fraction of sp³-hybridized carbons (Fsp3) is 0.0833. The normalized spacial score (nSPS) is 10.1. The molecule has 0 radical (unpaired) electrons. The van der Waals surface area contributed by atoms with Crippen molar-refractivity contribution < 1.29 is 4.79 Å². The zero-order valence-electron chi connectivity index (χ0n) is 10.1. The molecule has 7 heteroatoms. The quantitative estimate of drug-likeness (QED) is 0.453. The van der Waals surface area contributed by atoms with Crippen molar-refractivity contribution in [1.29, 1.82) is 0 Å². The molecule has 2 heterocycles. The molecule has 6 nitrogen and oxygen atoms in total. The Kier molecular flexibility index (Phi) is 3.94. The average Bonchev–Trinajstić information content (AvgIpc) is 2.38. The van der Waals surface area contributed by atoms with Crippen LogP contribution >= 0.6 is 11.6 Å². The molecule has 0 atom stereocenters. The molecule has 0 saturated carbocycles. The number of hydrogen-bond donors (Lipinski definition) is 3. The van der Waals surface area contributed by atoms with Crippen molar-refractivity contribution in [2.24, 2.45) is 5.84 Å². The van der Waals surface area contributed by atoms with Crippen LogP contribution in [0.5, 0.6) is 0 Å². The Morgan fingerprint density at radius 1 is 1.32 bits per heavy atom. The number of halogens is 1. The summed E-state index contributed by atoms with van der Waals surface area (Å²) < 4.78 is 0. The monoisotopic (exact) mass is 277 g/mol. The number of nitrogen functional groups attached to an aromatic ring is 1. The van der Waals surface area contributed by atoms with Crippen molar-refractivity contribution in [3.63, 3.8) is 0 Å². The van der Waals surface area contributed by atoms with Gasteiger partial charge in [-0.1, -0.05) is 11.6 Å². The number of carbonyl (C=O) groups is 1. The van der Waals surface area contributed by atoms with E-state index in [1.165, 1.54) is 12.1 Å². The maximum atomic E-state index is 12.0. The molecule has 4 N–H and O–H groups in total. The number of carbonyl (C=O) groups excluding carboxylic acids is 1. The Balaban J connectivity index is 2.22. The number of anilines is 2. The highest BCUT2D eigenvalue weighted by molar-refractivity contribution is 6.30. The third kappa shape index (κ3) is 3.40. The second-order valence-corrected chi connectivity index (χ2v) is 4.27. The highest BCUT2D eigenvalue weighted by Crippen LogP contribution is 2.15. The van der Waals surface area contributed by atoms with Gasteiger partial charge in [-0.05, 0) is 36.8 Å². The molecule has 0 aliphatic carbocycles. The van der Waals surface area contributed by atoms with Crippen LogP contribution in [0.3, 0.4) is 0 Å². The first-order valence-corrected chi connectivity index (χ1v) is 5.84. The highest BCUT2D eigenvalue weighted by atomic mass is 35.5. The predicted octanol–water partition coefficient (Wildman–Crippen LogP) is 1.98. The summed E-state index contributed by atoms with van der Waals surface area (Å²) >= 11 is 5.80. The molecule has 0 unspecified atom stereocenters. The minimum atomic E-state index is -0.334. The SMILES string of the molecule is Cc1ccnc(NC(=O)c2cc(Cl)nc(NN)c2)c1. The van der Waals surface area contributed by atoms with Crippen LogP contribution in [-0.4, -0.2) is 15.9 Å². The Bertz CT molecular complexity index is 617. The van der Waals surface area contributed by atoms with Crippen LogP contribution in [0.2, 0.25) is 5.15 Å². The van der Waals surface area contributed by atoms with Crippen molar-refractivity contribution in [3.8, 4) is 0 Å². The van der Waals surface area contributed by atoms with Crippen LogP contribution in [0.25, 0.3) is 0 Å². The van der Waals surface area contributed by atoms with Crippen LogP contribution in [0.4, 0.5) is 11.6 Å². The number of aromatic nitrogens is 2.